The molecule has 4 atom stereocenters. The van der Waals surface area contributed by atoms with Gasteiger partial charge in [-0.25, -0.2) is 9.59 Å². The zero-order chi connectivity index (χ0) is 44.3. The maximum absolute atomic E-state index is 13.8. The van der Waals surface area contributed by atoms with Crippen molar-refractivity contribution in [3.05, 3.63) is 122 Å². The molecule has 0 bridgehead atoms. The monoisotopic (exact) mass is 861 g/mol. The van der Waals surface area contributed by atoms with Gasteiger partial charge in [0.2, 0.25) is 0 Å². The summed E-state index contributed by atoms with van der Waals surface area (Å²) in [6.45, 7) is 4.78. The lowest BCUT2D eigenvalue weighted by atomic mass is 9.80. The van der Waals surface area contributed by atoms with E-state index in [4.69, 9.17) is 25.8 Å². The number of carbonyl (C=O) groups is 2. The van der Waals surface area contributed by atoms with Crippen molar-refractivity contribution in [2.24, 2.45) is 0 Å². The van der Waals surface area contributed by atoms with Gasteiger partial charge in [0, 0.05) is 49.7 Å². The second kappa shape index (κ2) is 24.7. The molecule has 0 aromatic heterocycles. The zero-order valence-corrected chi connectivity index (χ0v) is 35.6. The van der Waals surface area contributed by atoms with Crippen LogP contribution in [0.1, 0.15) is 75.8 Å². The number of aliphatic hydroxyl groups excluding tert-OH is 2. The first kappa shape index (κ1) is 48.2. The van der Waals surface area contributed by atoms with Crippen LogP contribution in [0.15, 0.2) is 95.3 Å². The number of benzene rings is 3. The van der Waals surface area contributed by atoms with Gasteiger partial charge in [-0.2, -0.15) is 5.26 Å². The third kappa shape index (κ3) is 14.6. The van der Waals surface area contributed by atoms with E-state index >= 15 is 0 Å². The summed E-state index contributed by atoms with van der Waals surface area (Å²) in [5.74, 6) is -2.12. The number of esters is 1. The fraction of sp³-hybridized carbons (Fsp3) is 0.444. The molecule has 1 heterocycles. The summed E-state index contributed by atoms with van der Waals surface area (Å²) in [5, 5.41) is 59.3. The van der Waals surface area contributed by atoms with Crippen molar-refractivity contribution in [3.63, 3.8) is 0 Å². The van der Waals surface area contributed by atoms with E-state index in [2.05, 4.69) is 16.7 Å². The number of aliphatic hydroxyl groups is 2. The number of ether oxygens (including phenoxy) is 3. The van der Waals surface area contributed by atoms with Gasteiger partial charge in [0.25, 0.3) is 5.69 Å². The van der Waals surface area contributed by atoms with E-state index < -0.39 is 35.0 Å². The molecular weight excluding hydrogens is 806 g/mol. The molecule has 1 aliphatic rings. The van der Waals surface area contributed by atoms with Crippen LogP contribution in [0, 0.1) is 21.4 Å². The highest BCUT2D eigenvalue weighted by atomic mass is 35.5. The SMILES string of the molecule is CC1=C(C(=O)O)C(c2cccc([N+](=O)[O-])c2)C(C(=O)OCCCC(CCCCCCNCC(O)COc2ccccc2C#N)NCC(O)COc2ccccc2Cl)=C(C)N1C. The molecule has 16 heteroatoms. The molecule has 328 valence electrons. The van der Waals surface area contributed by atoms with Crippen LogP contribution in [-0.4, -0.2) is 102 Å². The number of nitro benzene ring substituents is 1. The Kier molecular flexibility index (Phi) is 19.5. The van der Waals surface area contributed by atoms with Gasteiger partial charge in [-0.15, -0.1) is 0 Å². The van der Waals surface area contributed by atoms with Crippen LogP contribution >= 0.6 is 11.6 Å². The van der Waals surface area contributed by atoms with Crippen molar-refractivity contribution in [1.82, 2.24) is 15.5 Å². The summed E-state index contributed by atoms with van der Waals surface area (Å²) in [4.78, 5) is 39.0. The van der Waals surface area contributed by atoms with Crippen LogP contribution in [0.3, 0.4) is 0 Å². The number of non-ortho nitro benzene ring substituents is 1. The van der Waals surface area contributed by atoms with Gasteiger partial charge >= 0.3 is 11.9 Å². The number of nitrogens with one attached hydrogen (secondary N) is 2. The first-order valence-corrected chi connectivity index (χ1v) is 20.8. The number of hydrogen-bond donors (Lipinski definition) is 5. The van der Waals surface area contributed by atoms with Crippen LogP contribution in [0.4, 0.5) is 5.69 Å². The van der Waals surface area contributed by atoms with Crippen molar-refractivity contribution >= 4 is 29.2 Å². The number of nitriles is 1. The lowest BCUT2D eigenvalue weighted by Crippen LogP contribution is -2.38. The van der Waals surface area contributed by atoms with Gasteiger partial charge in [0.05, 0.1) is 39.2 Å². The van der Waals surface area contributed by atoms with Crippen LogP contribution in [0.5, 0.6) is 11.5 Å². The van der Waals surface area contributed by atoms with Gasteiger partial charge in [-0.05, 0) is 75.9 Å². The van der Waals surface area contributed by atoms with E-state index in [0.717, 1.165) is 32.1 Å². The van der Waals surface area contributed by atoms with Crippen molar-refractivity contribution in [2.45, 2.75) is 83.0 Å². The summed E-state index contributed by atoms with van der Waals surface area (Å²) in [5.41, 5.74) is 1.40. The highest BCUT2D eigenvalue weighted by Crippen LogP contribution is 2.42. The maximum atomic E-state index is 13.8. The average Bonchev–Trinajstić information content (AvgIpc) is 3.25. The molecule has 0 fully saturated rings. The Balaban J connectivity index is 1.29. The fourth-order valence-electron chi connectivity index (χ4n) is 7.09. The van der Waals surface area contributed by atoms with E-state index in [-0.39, 0.29) is 49.2 Å². The summed E-state index contributed by atoms with van der Waals surface area (Å²) in [6.07, 6.45) is 4.00. The maximum Gasteiger partial charge on any atom is 0.336 e. The van der Waals surface area contributed by atoms with Crippen LogP contribution in [0.2, 0.25) is 5.02 Å². The van der Waals surface area contributed by atoms with Crippen LogP contribution < -0.4 is 20.1 Å². The number of carbonyl (C=O) groups excluding carboxylic acids is 1. The lowest BCUT2D eigenvalue weighted by molar-refractivity contribution is -0.384. The number of allylic oxidation sites excluding steroid dienone is 2. The molecule has 1 aliphatic heterocycles. The number of nitro groups is 1. The minimum Gasteiger partial charge on any atom is -0.489 e. The average molecular weight is 862 g/mol. The Hall–Kier alpha value is -5.50. The molecular formula is C45H56ClN5O10. The first-order valence-electron chi connectivity index (χ1n) is 20.4. The Morgan fingerprint density at radius 3 is 2.23 bits per heavy atom. The third-order valence-corrected chi connectivity index (χ3v) is 10.9. The van der Waals surface area contributed by atoms with Gasteiger partial charge < -0.3 is 45.1 Å². The van der Waals surface area contributed by atoms with E-state index in [1.165, 1.54) is 18.2 Å². The van der Waals surface area contributed by atoms with Crippen LogP contribution in [0.25, 0.3) is 0 Å². The van der Waals surface area contributed by atoms with E-state index in [1.807, 2.05) is 0 Å². The second-order valence-corrected chi connectivity index (χ2v) is 15.3. The molecule has 5 N–H and O–H groups in total. The fourth-order valence-corrected chi connectivity index (χ4v) is 7.28. The molecule has 15 nitrogen and oxygen atoms in total. The number of halogens is 1. The van der Waals surface area contributed by atoms with Crippen molar-refractivity contribution in [2.75, 3.05) is 46.5 Å². The second-order valence-electron chi connectivity index (χ2n) is 14.9. The highest BCUT2D eigenvalue weighted by Gasteiger charge is 2.39. The van der Waals surface area contributed by atoms with Gasteiger partial charge in [0.1, 0.15) is 43.0 Å². The molecule has 61 heavy (non-hydrogen) atoms. The number of para-hydroxylation sites is 2. The van der Waals surface area contributed by atoms with E-state index in [1.54, 1.807) is 80.4 Å². The molecule has 0 radical (unpaired) electrons. The summed E-state index contributed by atoms with van der Waals surface area (Å²) in [7, 11) is 1.66. The molecule has 4 rings (SSSR count). The molecule has 4 unspecified atom stereocenters. The molecule has 3 aromatic carbocycles. The Morgan fingerprint density at radius 2 is 1.52 bits per heavy atom. The van der Waals surface area contributed by atoms with Crippen molar-refractivity contribution < 1.29 is 44.0 Å². The zero-order valence-electron chi connectivity index (χ0n) is 34.8. The van der Waals surface area contributed by atoms with Gasteiger partial charge in [-0.1, -0.05) is 67.3 Å². The number of hydrogen-bond acceptors (Lipinski definition) is 13. The molecule has 0 saturated carbocycles. The number of nitrogens with zero attached hydrogens (tertiary/aromatic N) is 3. The molecule has 0 amide bonds. The predicted octanol–water partition coefficient (Wildman–Crippen LogP) is 6.48. The third-order valence-electron chi connectivity index (χ3n) is 10.5. The van der Waals surface area contributed by atoms with Crippen molar-refractivity contribution in [1.29, 1.82) is 5.26 Å². The van der Waals surface area contributed by atoms with Crippen molar-refractivity contribution in [3.8, 4) is 17.6 Å². The normalized spacial score (nSPS) is 15.5. The van der Waals surface area contributed by atoms with Crippen LogP contribution in [-0.2, 0) is 14.3 Å². The number of unbranched alkanes of at least 4 members (excludes halogenated alkanes) is 3. The number of aliphatic carboxylic acids is 1. The topological polar surface area (TPSA) is 217 Å². The summed E-state index contributed by atoms with van der Waals surface area (Å²) in [6, 6.07) is 21.6. The molecule has 0 aliphatic carbocycles. The van der Waals surface area contributed by atoms with E-state index in [9.17, 15) is 40.3 Å². The quantitative estimate of drug-likeness (QED) is 0.0253. The number of carboxylic acid groups (broad SMARTS) is 1. The largest absolute Gasteiger partial charge is 0.489 e. The standard InChI is InChI=1S/C45H56ClN5O10/c1-30-41(44(54)55)43(32-15-12-18-35(24-32)51(57)58)42(31(2)50(30)3)45(56)59-23-13-17-34(49-27-37(53)29-61-40-21-10-8-19-38(40)46)16-6-4-5-11-22-48-26-36(52)28-60-39-20-9-7-14-33(39)25-47/h7-10,12,14-15,18-21,24,34,36-37,43,48-49,52-53H,4-6,11,13,16-17,22-23,26-29H2,1-3H3,(H,54,55). The lowest BCUT2D eigenvalue weighted by Gasteiger charge is -2.35. The first-order chi connectivity index (χ1) is 29.3. The highest BCUT2D eigenvalue weighted by molar-refractivity contribution is 6.32. The Bertz CT molecular complexity index is 2050. The van der Waals surface area contributed by atoms with Gasteiger partial charge in [-0.3, -0.25) is 10.1 Å². The van der Waals surface area contributed by atoms with E-state index in [0.29, 0.717) is 65.0 Å². The molecule has 3 aromatic rings. The Labute approximate surface area is 361 Å². The number of carboxylic acids is 1. The predicted molar refractivity (Wildman–Crippen MR) is 230 cm³/mol. The Morgan fingerprint density at radius 1 is 0.885 bits per heavy atom. The minimum atomic E-state index is -1.25. The smallest absolute Gasteiger partial charge is 0.336 e. The minimum absolute atomic E-state index is 0.0307. The molecule has 0 saturated heterocycles. The van der Waals surface area contributed by atoms with Gasteiger partial charge in [0.15, 0.2) is 0 Å². The summed E-state index contributed by atoms with van der Waals surface area (Å²) >= 11 is 6.20. The summed E-state index contributed by atoms with van der Waals surface area (Å²) < 4.78 is 17.1. The number of rotatable bonds is 26. The molecule has 0 spiro atoms.